The molecule has 0 saturated heterocycles. The fourth-order valence-corrected chi connectivity index (χ4v) is 13.2. The van der Waals surface area contributed by atoms with Crippen LogP contribution in [-0.4, -0.2) is 48.5 Å². The molecular formula is C30H56O4Si3. The van der Waals surface area contributed by atoms with Crippen LogP contribution in [0.5, 0.6) is 0 Å². The van der Waals surface area contributed by atoms with Gasteiger partial charge in [-0.3, -0.25) is 4.79 Å². The number of carbonyl (C=O) groups excluding carboxylic acids is 1. The minimum absolute atomic E-state index is 0.00433. The van der Waals surface area contributed by atoms with Crippen molar-refractivity contribution in [3.8, 4) is 0 Å². The summed E-state index contributed by atoms with van der Waals surface area (Å²) in [6.07, 6.45) is 9.89. The molecule has 212 valence electrons. The Kier molecular flexibility index (Phi) is 7.68. The molecule has 4 aliphatic rings. The Hall–Kier alpha value is -0.0594. The Morgan fingerprint density at radius 3 is 2.14 bits per heavy atom. The number of allylic oxidation sites excluding steroid dienone is 1. The minimum atomic E-state index is -1.89. The van der Waals surface area contributed by atoms with Gasteiger partial charge in [0.05, 0.1) is 11.7 Å². The molecule has 0 bridgehead atoms. The van der Waals surface area contributed by atoms with Crippen LogP contribution in [0.2, 0.25) is 58.9 Å². The van der Waals surface area contributed by atoms with Crippen molar-refractivity contribution in [3.63, 3.8) is 0 Å². The second-order valence-corrected chi connectivity index (χ2v) is 29.7. The van der Waals surface area contributed by atoms with Crippen molar-refractivity contribution in [1.29, 1.82) is 0 Å². The first-order valence-corrected chi connectivity index (χ1v) is 25.2. The highest BCUT2D eigenvalue weighted by Crippen LogP contribution is 2.68. The van der Waals surface area contributed by atoms with Gasteiger partial charge < -0.3 is 13.3 Å². The Morgan fingerprint density at radius 1 is 0.919 bits per heavy atom. The average molecular weight is 565 g/mol. The van der Waals surface area contributed by atoms with E-state index < -0.39 is 25.0 Å². The molecule has 0 spiro atoms. The van der Waals surface area contributed by atoms with Crippen LogP contribution in [0, 0.1) is 28.6 Å². The second kappa shape index (κ2) is 9.51. The van der Waals surface area contributed by atoms with Gasteiger partial charge in [-0.2, -0.15) is 0 Å². The standard InChI is InChI=1S/C30H56O4Si3/c1-21(32-35(4,5)6)30(34-37(10,11)12)18-16-25-24-14-13-22-19-23(33-36(7,8)9)15-17-28(22,2)27(24)26(31)20-29(25,30)3/h13,21,23-25,27H,14-20H2,1-12H3/t21?,23?,24-,25-,27+,28-,29-,30-/m0/s1. The van der Waals surface area contributed by atoms with Crippen molar-refractivity contribution < 1.29 is 18.1 Å². The highest BCUT2D eigenvalue weighted by atomic mass is 28.4. The average Bonchev–Trinajstić information content (AvgIpc) is 2.97. The predicted molar refractivity (Wildman–Crippen MR) is 161 cm³/mol. The molecule has 0 amide bonds. The molecule has 4 nitrogen and oxygen atoms in total. The first kappa shape index (κ1) is 29.9. The summed E-state index contributed by atoms with van der Waals surface area (Å²) in [5.74, 6) is 1.56. The lowest BCUT2D eigenvalue weighted by Gasteiger charge is -2.60. The van der Waals surface area contributed by atoms with E-state index in [2.05, 4.69) is 85.8 Å². The van der Waals surface area contributed by atoms with Gasteiger partial charge in [-0.05, 0) is 122 Å². The first-order chi connectivity index (χ1) is 16.7. The van der Waals surface area contributed by atoms with Gasteiger partial charge in [0.2, 0.25) is 0 Å². The summed E-state index contributed by atoms with van der Waals surface area (Å²) in [6.45, 7) is 27.7. The van der Waals surface area contributed by atoms with E-state index in [1.54, 1.807) is 0 Å². The molecule has 0 radical (unpaired) electrons. The van der Waals surface area contributed by atoms with Crippen LogP contribution in [0.15, 0.2) is 11.6 Å². The molecule has 3 fully saturated rings. The number of hydrogen-bond acceptors (Lipinski definition) is 4. The van der Waals surface area contributed by atoms with Gasteiger partial charge in [-0.15, -0.1) is 0 Å². The van der Waals surface area contributed by atoms with E-state index in [1.807, 2.05) is 0 Å². The summed E-state index contributed by atoms with van der Waals surface area (Å²) in [5.41, 5.74) is 0.950. The molecule has 2 unspecified atom stereocenters. The van der Waals surface area contributed by atoms with E-state index in [0.29, 0.717) is 30.1 Å². The molecule has 37 heavy (non-hydrogen) atoms. The number of hydrogen-bond donors (Lipinski definition) is 0. The molecule has 0 aromatic heterocycles. The molecule has 4 rings (SSSR count). The number of carbonyl (C=O) groups is 1. The van der Waals surface area contributed by atoms with Crippen molar-refractivity contribution in [3.05, 3.63) is 11.6 Å². The van der Waals surface area contributed by atoms with Gasteiger partial charge in [-0.25, -0.2) is 0 Å². The van der Waals surface area contributed by atoms with E-state index >= 15 is 0 Å². The maximum Gasteiger partial charge on any atom is 0.184 e. The summed E-state index contributed by atoms with van der Waals surface area (Å²) in [4.78, 5) is 14.4. The third-order valence-corrected chi connectivity index (χ3v) is 13.2. The molecule has 0 aromatic carbocycles. The molecule has 0 N–H and O–H groups in total. The number of fused-ring (bicyclic) bond motifs is 5. The van der Waals surface area contributed by atoms with Gasteiger partial charge >= 0.3 is 0 Å². The molecule has 4 aliphatic carbocycles. The van der Waals surface area contributed by atoms with Gasteiger partial charge in [0.1, 0.15) is 5.78 Å². The van der Waals surface area contributed by atoms with Crippen molar-refractivity contribution in [2.24, 2.45) is 28.6 Å². The van der Waals surface area contributed by atoms with Crippen LogP contribution in [0.1, 0.15) is 65.7 Å². The molecule has 0 aliphatic heterocycles. The smallest absolute Gasteiger partial charge is 0.184 e. The molecule has 8 atom stereocenters. The largest absolute Gasteiger partial charge is 0.414 e. The fraction of sp³-hybridized carbons (Fsp3) is 0.900. The predicted octanol–water partition coefficient (Wildman–Crippen LogP) is 8.18. The highest BCUT2D eigenvalue weighted by molar-refractivity contribution is 6.70. The minimum Gasteiger partial charge on any atom is -0.414 e. The normalized spacial score (nSPS) is 41.5. The Morgan fingerprint density at radius 2 is 1.57 bits per heavy atom. The van der Waals surface area contributed by atoms with Crippen molar-refractivity contribution in [1.82, 2.24) is 0 Å². The van der Waals surface area contributed by atoms with Crippen LogP contribution < -0.4 is 0 Å². The maximum absolute atomic E-state index is 14.4. The van der Waals surface area contributed by atoms with E-state index in [4.69, 9.17) is 13.3 Å². The van der Waals surface area contributed by atoms with Gasteiger partial charge in [0.25, 0.3) is 0 Å². The Bertz CT molecular complexity index is 929. The van der Waals surface area contributed by atoms with Crippen molar-refractivity contribution >= 4 is 30.7 Å². The van der Waals surface area contributed by atoms with E-state index in [0.717, 1.165) is 38.5 Å². The lowest BCUT2D eigenvalue weighted by atomic mass is 9.46. The number of rotatable bonds is 7. The third-order valence-electron chi connectivity index (χ3n) is 10.1. The zero-order chi connectivity index (χ0) is 27.8. The zero-order valence-corrected chi connectivity index (χ0v) is 29.0. The van der Waals surface area contributed by atoms with Crippen LogP contribution >= 0.6 is 0 Å². The monoisotopic (exact) mass is 564 g/mol. The van der Waals surface area contributed by atoms with Gasteiger partial charge in [0.15, 0.2) is 25.0 Å². The van der Waals surface area contributed by atoms with Crippen LogP contribution in [0.4, 0.5) is 0 Å². The van der Waals surface area contributed by atoms with Crippen molar-refractivity contribution in [2.45, 2.75) is 142 Å². The quantitative estimate of drug-likeness (QED) is 0.231. The zero-order valence-electron chi connectivity index (χ0n) is 26.0. The van der Waals surface area contributed by atoms with E-state index in [1.165, 1.54) is 5.57 Å². The molecule has 0 aromatic rings. The Balaban J connectivity index is 1.69. The summed E-state index contributed by atoms with van der Waals surface area (Å²) >= 11 is 0. The molecular weight excluding hydrogens is 509 g/mol. The lowest BCUT2D eigenvalue weighted by Crippen LogP contribution is -2.64. The number of ketones is 1. The SMILES string of the molecule is CC(O[Si](C)(C)C)[C@@]1(O[Si](C)(C)C)CC[C@H]2[C@@H]3CC=C4CC(O[Si](C)(C)C)CC[C@]4(C)[C@H]3C(=O)C[C@@]21C. The van der Waals surface area contributed by atoms with Crippen molar-refractivity contribution in [2.75, 3.05) is 0 Å². The summed E-state index contributed by atoms with van der Waals surface area (Å²) in [6, 6.07) is 0. The summed E-state index contributed by atoms with van der Waals surface area (Å²) in [5, 5.41) is 0. The van der Waals surface area contributed by atoms with Gasteiger partial charge in [-0.1, -0.05) is 25.5 Å². The summed E-state index contributed by atoms with van der Waals surface area (Å²) < 4.78 is 20.6. The summed E-state index contributed by atoms with van der Waals surface area (Å²) in [7, 11) is -5.25. The van der Waals surface area contributed by atoms with Crippen LogP contribution in [0.3, 0.4) is 0 Å². The second-order valence-electron chi connectivity index (χ2n) is 16.3. The Labute approximate surface area is 231 Å². The van der Waals surface area contributed by atoms with Crippen LogP contribution in [-0.2, 0) is 18.1 Å². The third kappa shape index (κ3) is 5.48. The maximum atomic E-state index is 14.4. The van der Waals surface area contributed by atoms with Crippen LogP contribution in [0.25, 0.3) is 0 Å². The molecule has 3 saturated carbocycles. The number of Topliss-reactive ketones (excluding diaryl/α,β-unsaturated/α-hetero) is 1. The van der Waals surface area contributed by atoms with E-state index in [-0.39, 0.29) is 28.5 Å². The topological polar surface area (TPSA) is 44.8 Å². The van der Waals surface area contributed by atoms with Gasteiger partial charge in [0, 0.05) is 23.9 Å². The van der Waals surface area contributed by atoms with E-state index in [9.17, 15) is 4.79 Å². The fourth-order valence-electron chi connectivity index (χ4n) is 9.17. The lowest BCUT2D eigenvalue weighted by molar-refractivity contribution is -0.169. The molecule has 7 heteroatoms. The molecule has 0 heterocycles. The first-order valence-electron chi connectivity index (χ1n) is 15.0. The highest BCUT2D eigenvalue weighted by Gasteiger charge is 2.69.